The zero-order chi connectivity index (χ0) is 18.6. The molecule has 1 fully saturated rings. The maximum Gasteiger partial charge on any atom is 0.289 e. The predicted octanol–water partition coefficient (Wildman–Crippen LogP) is 2.47. The Morgan fingerprint density at radius 2 is 1.93 bits per heavy atom. The van der Waals surface area contributed by atoms with Gasteiger partial charge in [-0.05, 0) is 23.6 Å². The zero-order valence-electron chi connectivity index (χ0n) is 14.2. The number of carbonyl (C=O) groups excluding carboxylic acids is 2. The van der Waals surface area contributed by atoms with Gasteiger partial charge in [0.1, 0.15) is 0 Å². The summed E-state index contributed by atoms with van der Waals surface area (Å²) in [7, 11) is 0. The molecular weight excluding hydrogens is 388 g/mol. The zero-order valence-corrected chi connectivity index (χ0v) is 15.9. The van der Waals surface area contributed by atoms with E-state index in [-0.39, 0.29) is 17.6 Å². The van der Waals surface area contributed by atoms with E-state index in [1.165, 1.54) is 29.4 Å². The number of piperazine rings is 1. The monoisotopic (exact) mass is 404 g/mol. The van der Waals surface area contributed by atoms with E-state index in [0.717, 1.165) is 4.88 Å². The van der Waals surface area contributed by atoms with Crippen LogP contribution in [0.5, 0.6) is 0 Å². The van der Waals surface area contributed by atoms with E-state index in [0.29, 0.717) is 43.1 Å². The van der Waals surface area contributed by atoms with E-state index in [2.05, 4.69) is 10.2 Å². The third-order valence-corrected chi connectivity index (χ3v) is 5.77. The second kappa shape index (κ2) is 7.97. The quantitative estimate of drug-likeness (QED) is 0.603. The minimum absolute atomic E-state index is 0.0130. The van der Waals surface area contributed by atoms with Crippen LogP contribution >= 0.6 is 23.1 Å². The molecule has 1 aliphatic heterocycles. The number of thiophene rings is 1. The van der Waals surface area contributed by atoms with Gasteiger partial charge in [-0.15, -0.1) is 21.5 Å². The molecule has 0 unspecified atom stereocenters. The molecule has 1 aliphatic rings. The molecule has 27 heavy (non-hydrogen) atoms. The van der Waals surface area contributed by atoms with E-state index < -0.39 is 0 Å². The fourth-order valence-corrected chi connectivity index (χ4v) is 4.01. The number of aromatic nitrogens is 2. The van der Waals surface area contributed by atoms with E-state index >= 15 is 0 Å². The van der Waals surface area contributed by atoms with Crippen molar-refractivity contribution < 1.29 is 18.4 Å². The molecule has 2 amide bonds. The van der Waals surface area contributed by atoms with Crippen LogP contribution in [0.25, 0.3) is 10.8 Å². The predicted molar refractivity (Wildman–Crippen MR) is 99.5 cm³/mol. The molecule has 4 heterocycles. The smallest absolute Gasteiger partial charge is 0.289 e. The van der Waals surface area contributed by atoms with Crippen LogP contribution < -0.4 is 0 Å². The van der Waals surface area contributed by atoms with Gasteiger partial charge in [-0.25, -0.2) is 0 Å². The van der Waals surface area contributed by atoms with Gasteiger partial charge >= 0.3 is 0 Å². The second-order valence-corrected chi connectivity index (χ2v) is 7.66. The van der Waals surface area contributed by atoms with Crippen molar-refractivity contribution in [2.45, 2.75) is 5.22 Å². The molecule has 0 saturated carbocycles. The van der Waals surface area contributed by atoms with Gasteiger partial charge in [-0.2, -0.15) is 0 Å². The first kappa shape index (κ1) is 17.8. The van der Waals surface area contributed by atoms with Gasteiger partial charge in [0.15, 0.2) is 5.76 Å². The van der Waals surface area contributed by atoms with Crippen molar-refractivity contribution in [1.82, 2.24) is 20.0 Å². The van der Waals surface area contributed by atoms with Crippen LogP contribution in [0.15, 0.2) is 50.0 Å². The Hall–Kier alpha value is -2.59. The van der Waals surface area contributed by atoms with Gasteiger partial charge in [0.25, 0.3) is 17.0 Å². The Balaban J connectivity index is 1.26. The third-order valence-electron chi connectivity index (χ3n) is 4.11. The summed E-state index contributed by atoms with van der Waals surface area (Å²) in [5.74, 6) is 0.848. The Morgan fingerprint density at radius 1 is 1.11 bits per heavy atom. The van der Waals surface area contributed by atoms with Crippen molar-refractivity contribution in [3.05, 3.63) is 41.7 Å². The van der Waals surface area contributed by atoms with Crippen molar-refractivity contribution >= 4 is 34.9 Å². The fraction of sp³-hybridized carbons (Fsp3) is 0.294. The lowest BCUT2D eigenvalue weighted by molar-refractivity contribution is -0.129. The number of carbonyl (C=O) groups is 2. The van der Waals surface area contributed by atoms with Crippen molar-refractivity contribution in [3.8, 4) is 10.8 Å². The van der Waals surface area contributed by atoms with Crippen LogP contribution in [0.4, 0.5) is 0 Å². The van der Waals surface area contributed by atoms with Crippen LogP contribution in [0.3, 0.4) is 0 Å². The number of hydrogen-bond acceptors (Lipinski definition) is 8. The Labute approximate surface area is 163 Å². The Bertz CT molecular complexity index is 899. The SMILES string of the molecule is O=C(CSc1nnc(-c2cccs2)o1)N1CCN(C(=O)c2ccco2)CC1. The molecular formula is C17H16N4O4S2. The molecule has 8 nitrogen and oxygen atoms in total. The summed E-state index contributed by atoms with van der Waals surface area (Å²) in [6.07, 6.45) is 1.48. The van der Waals surface area contributed by atoms with Crippen molar-refractivity contribution in [2.75, 3.05) is 31.9 Å². The topological polar surface area (TPSA) is 92.7 Å². The molecule has 4 rings (SSSR count). The minimum atomic E-state index is -0.145. The Morgan fingerprint density at radius 3 is 2.63 bits per heavy atom. The van der Waals surface area contributed by atoms with E-state index in [4.69, 9.17) is 8.83 Å². The van der Waals surface area contributed by atoms with Crippen LogP contribution in [-0.4, -0.2) is 63.7 Å². The maximum atomic E-state index is 12.4. The first-order chi connectivity index (χ1) is 13.2. The van der Waals surface area contributed by atoms with Gasteiger partial charge in [0, 0.05) is 26.2 Å². The maximum absolute atomic E-state index is 12.4. The standard InChI is InChI=1S/C17H16N4O4S2/c22-14(11-27-17-19-18-15(25-17)13-4-2-10-26-13)20-5-7-21(8-6-20)16(23)12-3-1-9-24-12/h1-4,9-10H,5-8,11H2. The Kier molecular flexibility index (Phi) is 5.26. The van der Waals surface area contributed by atoms with Crippen LogP contribution in [0, 0.1) is 0 Å². The first-order valence-corrected chi connectivity index (χ1v) is 10.2. The second-order valence-electron chi connectivity index (χ2n) is 5.79. The first-order valence-electron chi connectivity index (χ1n) is 8.31. The van der Waals surface area contributed by atoms with Crippen LogP contribution in [0.1, 0.15) is 10.6 Å². The molecule has 0 radical (unpaired) electrons. The van der Waals surface area contributed by atoms with Gasteiger partial charge in [0.05, 0.1) is 16.9 Å². The summed E-state index contributed by atoms with van der Waals surface area (Å²) in [6.45, 7) is 1.96. The molecule has 0 aliphatic carbocycles. The summed E-state index contributed by atoms with van der Waals surface area (Å²) in [5.41, 5.74) is 0. The van der Waals surface area contributed by atoms with Gasteiger partial charge in [-0.3, -0.25) is 9.59 Å². The molecule has 3 aromatic rings. The van der Waals surface area contributed by atoms with E-state index in [9.17, 15) is 9.59 Å². The lowest BCUT2D eigenvalue weighted by Gasteiger charge is -2.34. The van der Waals surface area contributed by atoms with Crippen molar-refractivity contribution in [3.63, 3.8) is 0 Å². The summed E-state index contributed by atoms with van der Waals surface area (Å²) in [4.78, 5) is 29.0. The molecule has 140 valence electrons. The molecule has 10 heteroatoms. The molecule has 1 saturated heterocycles. The van der Waals surface area contributed by atoms with E-state index in [1.54, 1.807) is 21.9 Å². The highest BCUT2D eigenvalue weighted by Gasteiger charge is 2.26. The van der Waals surface area contributed by atoms with Crippen molar-refractivity contribution in [2.24, 2.45) is 0 Å². The highest BCUT2D eigenvalue weighted by Crippen LogP contribution is 2.26. The number of rotatable bonds is 5. The molecule has 0 N–H and O–H groups in total. The van der Waals surface area contributed by atoms with Gasteiger partial charge in [0.2, 0.25) is 5.91 Å². The number of amides is 2. The summed E-state index contributed by atoms with van der Waals surface area (Å²) >= 11 is 2.74. The van der Waals surface area contributed by atoms with Gasteiger partial charge < -0.3 is 18.6 Å². The largest absolute Gasteiger partial charge is 0.459 e. The normalized spacial score (nSPS) is 14.5. The average molecular weight is 404 g/mol. The average Bonchev–Trinajstić information content (AvgIpc) is 3.47. The third kappa shape index (κ3) is 4.06. The van der Waals surface area contributed by atoms with Gasteiger partial charge in [-0.1, -0.05) is 17.8 Å². The molecule has 0 aromatic carbocycles. The molecule has 0 spiro atoms. The summed E-state index contributed by atoms with van der Waals surface area (Å²) in [5, 5.41) is 10.3. The van der Waals surface area contributed by atoms with Crippen LogP contribution in [-0.2, 0) is 4.79 Å². The molecule has 0 atom stereocenters. The lowest BCUT2D eigenvalue weighted by Crippen LogP contribution is -2.51. The van der Waals surface area contributed by atoms with E-state index in [1.807, 2.05) is 17.5 Å². The minimum Gasteiger partial charge on any atom is -0.459 e. The highest BCUT2D eigenvalue weighted by molar-refractivity contribution is 7.99. The molecule has 0 bridgehead atoms. The summed E-state index contributed by atoms with van der Waals surface area (Å²) < 4.78 is 10.7. The number of hydrogen-bond donors (Lipinski definition) is 0. The molecule has 3 aromatic heterocycles. The number of nitrogens with zero attached hydrogens (tertiary/aromatic N) is 4. The van der Waals surface area contributed by atoms with Crippen molar-refractivity contribution in [1.29, 1.82) is 0 Å². The summed E-state index contributed by atoms with van der Waals surface area (Å²) in [6, 6.07) is 7.15. The highest BCUT2D eigenvalue weighted by atomic mass is 32.2. The lowest BCUT2D eigenvalue weighted by atomic mass is 10.3. The fourth-order valence-electron chi connectivity index (χ4n) is 2.70. The number of furan rings is 1. The number of thioether (sulfide) groups is 1. The van der Waals surface area contributed by atoms with Crippen LogP contribution in [0.2, 0.25) is 0 Å².